The van der Waals surface area contributed by atoms with Crippen LogP contribution in [0.4, 0.5) is 0 Å². The van der Waals surface area contributed by atoms with Crippen molar-refractivity contribution in [2.45, 2.75) is 6.42 Å². The van der Waals surface area contributed by atoms with Crippen LogP contribution in [0.1, 0.15) is 15.9 Å². The second-order valence-corrected chi connectivity index (χ2v) is 8.06. The molecule has 0 fully saturated rings. The fraction of sp³-hybridized carbons (Fsp3) is 0.100. The summed E-state index contributed by atoms with van der Waals surface area (Å²) in [7, 11) is 0. The van der Waals surface area contributed by atoms with E-state index in [9.17, 15) is 9.59 Å². The number of aromatic nitrogens is 2. The zero-order valence-electron chi connectivity index (χ0n) is 14.1. The van der Waals surface area contributed by atoms with Crippen molar-refractivity contribution in [1.29, 1.82) is 0 Å². The summed E-state index contributed by atoms with van der Waals surface area (Å²) in [6.07, 6.45) is 4.15. The lowest BCUT2D eigenvalue weighted by Gasteiger charge is -2.04. The van der Waals surface area contributed by atoms with E-state index in [0.717, 1.165) is 36.3 Å². The first-order valence-corrected chi connectivity index (χ1v) is 9.96. The number of halogens is 2. The molecule has 3 N–H and O–H groups in total. The Morgan fingerprint density at radius 1 is 0.889 bits per heavy atom. The van der Waals surface area contributed by atoms with Crippen LogP contribution in [0.5, 0.6) is 0 Å². The molecule has 0 saturated carbocycles. The van der Waals surface area contributed by atoms with E-state index in [2.05, 4.69) is 47.1 Å². The number of hydrogen-bond acceptors (Lipinski definition) is 2. The summed E-state index contributed by atoms with van der Waals surface area (Å²) in [6, 6.07) is 11.6. The molecule has 1 amide bonds. The molecule has 0 atom stereocenters. The van der Waals surface area contributed by atoms with Crippen molar-refractivity contribution in [3.63, 3.8) is 0 Å². The molecule has 0 aliphatic carbocycles. The minimum atomic E-state index is -0.596. The Balaban J connectivity index is 1.43. The normalized spacial score (nSPS) is 11.2. The molecule has 4 rings (SSSR count). The topological polar surface area (TPSA) is 77.8 Å². The lowest BCUT2D eigenvalue weighted by Crippen LogP contribution is -2.32. The summed E-state index contributed by atoms with van der Waals surface area (Å²) in [5, 5.41) is 4.58. The first-order valence-electron chi connectivity index (χ1n) is 8.37. The van der Waals surface area contributed by atoms with Crippen LogP contribution < -0.4 is 5.32 Å². The molecule has 0 unspecified atom stereocenters. The third-order valence-corrected chi connectivity index (χ3v) is 5.49. The van der Waals surface area contributed by atoms with Gasteiger partial charge in [-0.25, -0.2) is 0 Å². The van der Waals surface area contributed by atoms with E-state index in [1.54, 1.807) is 6.20 Å². The maximum atomic E-state index is 12.5. The molecule has 7 heteroatoms. The molecule has 0 aliphatic rings. The van der Waals surface area contributed by atoms with Gasteiger partial charge < -0.3 is 15.3 Å². The van der Waals surface area contributed by atoms with Gasteiger partial charge in [0.15, 0.2) is 0 Å². The molecule has 0 aliphatic heterocycles. The summed E-state index contributed by atoms with van der Waals surface area (Å²) < 4.78 is 1.92. The van der Waals surface area contributed by atoms with Gasteiger partial charge in [-0.2, -0.15) is 0 Å². The maximum Gasteiger partial charge on any atom is 0.292 e. The Bertz CT molecular complexity index is 1180. The number of H-pyrrole nitrogens is 2. The van der Waals surface area contributed by atoms with E-state index < -0.39 is 11.7 Å². The van der Waals surface area contributed by atoms with Crippen molar-refractivity contribution in [1.82, 2.24) is 15.3 Å². The number of amides is 1. The van der Waals surface area contributed by atoms with Crippen LogP contribution in [-0.4, -0.2) is 28.2 Å². The fourth-order valence-electron chi connectivity index (χ4n) is 3.16. The van der Waals surface area contributed by atoms with E-state index in [4.69, 9.17) is 0 Å². The van der Waals surface area contributed by atoms with Crippen LogP contribution in [0.3, 0.4) is 0 Å². The third kappa shape index (κ3) is 3.57. The van der Waals surface area contributed by atoms with Gasteiger partial charge in [-0.3, -0.25) is 9.59 Å². The average Bonchev–Trinajstić information content (AvgIpc) is 3.24. The maximum absolute atomic E-state index is 12.5. The molecule has 4 aromatic rings. The molecule has 0 bridgehead atoms. The first-order chi connectivity index (χ1) is 13.0. The van der Waals surface area contributed by atoms with Gasteiger partial charge in [0.25, 0.3) is 11.7 Å². The number of carbonyl (C=O) groups excluding carboxylic acids is 2. The van der Waals surface area contributed by atoms with E-state index in [-0.39, 0.29) is 0 Å². The number of rotatable bonds is 5. The van der Waals surface area contributed by atoms with E-state index in [1.165, 1.54) is 0 Å². The zero-order valence-corrected chi connectivity index (χ0v) is 17.3. The minimum absolute atomic E-state index is 0.381. The van der Waals surface area contributed by atoms with Gasteiger partial charge in [0.2, 0.25) is 0 Å². The number of Topliss-reactive ketones (excluding diaryl/α,β-unsaturated/α-hetero) is 1. The van der Waals surface area contributed by atoms with Crippen LogP contribution in [0, 0.1) is 0 Å². The lowest BCUT2D eigenvalue weighted by atomic mass is 10.1. The van der Waals surface area contributed by atoms with Crippen LogP contribution in [0.25, 0.3) is 21.8 Å². The number of nitrogens with one attached hydrogen (secondary N) is 3. The molecule has 27 heavy (non-hydrogen) atoms. The Hall–Kier alpha value is -2.38. The lowest BCUT2D eigenvalue weighted by molar-refractivity contribution is -0.116. The average molecular weight is 489 g/mol. The molecular weight excluding hydrogens is 474 g/mol. The Morgan fingerprint density at radius 3 is 2.26 bits per heavy atom. The summed E-state index contributed by atoms with van der Waals surface area (Å²) in [4.78, 5) is 31.0. The number of carbonyl (C=O) groups is 2. The summed E-state index contributed by atoms with van der Waals surface area (Å²) in [5.74, 6) is -1.13. The molecule has 2 aromatic carbocycles. The summed E-state index contributed by atoms with van der Waals surface area (Å²) >= 11 is 6.84. The van der Waals surface area contributed by atoms with Gasteiger partial charge >= 0.3 is 0 Å². The van der Waals surface area contributed by atoms with Gasteiger partial charge in [0.05, 0.1) is 5.56 Å². The fourth-order valence-corrected chi connectivity index (χ4v) is 3.89. The number of hydrogen-bond donors (Lipinski definition) is 3. The van der Waals surface area contributed by atoms with Gasteiger partial charge in [0.1, 0.15) is 0 Å². The molecular formula is C20H15Br2N3O2. The van der Waals surface area contributed by atoms with Crippen molar-refractivity contribution < 1.29 is 9.59 Å². The number of fused-ring (bicyclic) bond motifs is 2. The molecule has 0 spiro atoms. The van der Waals surface area contributed by atoms with Gasteiger partial charge in [-0.1, -0.05) is 44.0 Å². The minimum Gasteiger partial charge on any atom is -0.361 e. The van der Waals surface area contributed by atoms with Crippen molar-refractivity contribution >= 4 is 65.4 Å². The number of benzene rings is 2. The highest BCUT2D eigenvalue weighted by Gasteiger charge is 2.19. The Labute approximate surface area is 171 Å². The highest BCUT2D eigenvalue weighted by atomic mass is 79.9. The molecule has 5 nitrogen and oxygen atoms in total. The predicted molar refractivity (Wildman–Crippen MR) is 113 cm³/mol. The monoisotopic (exact) mass is 487 g/mol. The highest BCUT2D eigenvalue weighted by Crippen LogP contribution is 2.24. The van der Waals surface area contributed by atoms with Gasteiger partial charge in [-0.15, -0.1) is 0 Å². The van der Waals surface area contributed by atoms with E-state index in [0.29, 0.717) is 18.5 Å². The first kappa shape index (κ1) is 18.0. The van der Waals surface area contributed by atoms with E-state index >= 15 is 0 Å². The highest BCUT2D eigenvalue weighted by molar-refractivity contribution is 9.10. The van der Waals surface area contributed by atoms with Crippen LogP contribution in [-0.2, 0) is 11.2 Å². The van der Waals surface area contributed by atoms with E-state index in [1.807, 2.05) is 42.6 Å². The van der Waals surface area contributed by atoms with Crippen LogP contribution >= 0.6 is 31.9 Å². The van der Waals surface area contributed by atoms with Crippen LogP contribution in [0.2, 0.25) is 0 Å². The van der Waals surface area contributed by atoms with Gasteiger partial charge in [0, 0.05) is 49.7 Å². The van der Waals surface area contributed by atoms with Crippen molar-refractivity contribution in [2.75, 3.05) is 6.54 Å². The molecule has 0 radical (unpaired) electrons. The van der Waals surface area contributed by atoms with Crippen molar-refractivity contribution in [3.05, 3.63) is 68.9 Å². The zero-order chi connectivity index (χ0) is 19.0. The third-order valence-electron chi connectivity index (χ3n) is 4.50. The molecule has 136 valence electrons. The summed E-state index contributed by atoms with van der Waals surface area (Å²) in [6.45, 7) is 0.390. The standard InChI is InChI=1S/C20H15Br2N3O2/c21-12-1-3-14-11(9-24-17(14)7-12)5-6-23-20(27)19(26)16-10-25-18-8-13(22)2-4-15(16)18/h1-4,7-10,24-25H,5-6H2,(H,23,27). The molecule has 0 saturated heterocycles. The predicted octanol–water partition coefficient (Wildman–Crippen LogP) is 4.72. The second kappa shape index (κ2) is 7.32. The Kier molecular flexibility index (Phi) is 4.88. The quantitative estimate of drug-likeness (QED) is 0.281. The molecule has 2 aromatic heterocycles. The largest absolute Gasteiger partial charge is 0.361 e. The van der Waals surface area contributed by atoms with Crippen LogP contribution in [0.15, 0.2) is 57.7 Å². The molecule has 2 heterocycles. The SMILES string of the molecule is O=C(NCCc1c[nH]c2cc(Br)ccc12)C(=O)c1c[nH]c2cc(Br)ccc12. The van der Waals surface area contributed by atoms with Crippen molar-refractivity contribution in [2.24, 2.45) is 0 Å². The summed E-state index contributed by atoms with van der Waals surface area (Å²) in [5.41, 5.74) is 3.33. The smallest absolute Gasteiger partial charge is 0.292 e. The number of aromatic amines is 2. The van der Waals surface area contributed by atoms with Gasteiger partial charge in [-0.05, 0) is 36.2 Å². The Morgan fingerprint density at radius 2 is 1.52 bits per heavy atom. The van der Waals surface area contributed by atoms with Crippen molar-refractivity contribution in [3.8, 4) is 0 Å². The second-order valence-electron chi connectivity index (χ2n) is 6.23. The number of ketones is 1.